The van der Waals surface area contributed by atoms with E-state index in [2.05, 4.69) is 15.6 Å². The zero-order valence-corrected chi connectivity index (χ0v) is 15.1. The van der Waals surface area contributed by atoms with Gasteiger partial charge in [0, 0.05) is 31.8 Å². The van der Waals surface area contributed by atoms with E-state index in [-0.39, 0.29) is 30.0 Å². The number of anilines is 1. The molecule has 1 aromatic heterocycles. The van der Waals surface area contributed by atoms with Gasteiger partial charge in [0.05, 0.1) is 18.2 Å². The van der Waals surface area contributed by atoms with Gasteiger partial charge in [0.25, 0.3) is 0 Å². The number of hydrogen-bond acceptors (Lipinski definition) is 4. The van der Waals surface area contributed by atoms with Crippen LogP contribution in [-0.4, -0.2) is 30.8 Å². The van der Waals surface area contributed by atoms with Crippen LogP contribution in [0.3, 0.4) is 0 Å². The summed E-state index contributed by atoms with van der Waals surface area (Å²) < 4.78 is 50.2. The molecule has 0 bridgehead atoms. The number of aromatic nitrogens is 1. The number of amides is 2. The lowest BCUT2D eigenvalue weighted by atomic mass is 10.0. The average molecular weight is 395 g/mol. The van der Waals surface area contributed by atoms with Crippen molar-refractivity contribution in [3.05, 3.63) is 59.4 Å². The van der Waals surface area contributed by atoms with Crippen molar-refractivity contribution in [3.8, 4) is 0 Å². The Balaban J connectivity index is 1.69. The van der Waals surface area contributed by atoms with Gasteiger partial charge in [-0.05, 0) is 41.8 Å². The minimum atomic E-state index is -4.55. The van der Waals surface area contributed by atoms with E-state index in [1.807, 2.05) is 0 Å². The highest BCUT2D eigenvalue weighted by molar-refractivity contribution is 5.89. The summed E-state index contributed by atoms with van der Waals surface area (Å²) in [5.74, 6) is 0. The summed E-state index contributed by atoms with van der Waals surface area (Å²) >= 11 is 0. The van der Waals surface area contributed by atoms with Gasteiger partial charge in [0.1, 0.15) is 6.10 Å². The van der Waals surface area contributed by atoms with Gasteiger partial charge < -0.3 is 20.1 Å². The molecule has 2 amide bonds. The van der Waals surface area contributed by atoms with Crippen LogP contribution in [0.15, 0.2) is 42.7 Å². The maximum atomic E-state index is 13.3. The Hall–Kier alpha value is -2.65. The number of halogens is 3. The van der Waals surface area contributed by atoms with Crippen LogP contribution in [0, 0.1) is 0 Å². The lowest BCUT2D eigenvalue weighted by Crippen LogP contribution is -2.39. The highest BCUT2D eigenvalue weighted by Gasteiger charge is 2.34. The van der Waals surface area contributed by atoms with Crippen LogP contribution in [0.25, 0.3) is 0 Å². The first-order chi connectivity index (χ1) is 13.4. The molecule has 2 heterocycles. The number of nitrogens with one attached hydrogen (secondary N) is 2. The molecular formula is C19H20F3N3O3. The molecule has 1 fully saturated rings. The van der Waals surface area contributed by atoms with Gasteiger partial charge in [0.2, 0.25) is 0 Å². The number of pyridine rings is 1. The molecule has 0 radical (unpaired) electrons. The second kappa shape index (κ2) is 8.57. The van der Waals surface area contributed by atoms with E-state index < -0.39 is 17.8 Å². The van der Waals surface area contributed by atoms with Crippen LogP contribution in [0.1, 0.15) is 29.2 Å². The number of alkyl halides is 3. The van der Waals surface area contributed by atoms with Gasteiger partial charge in [-0.3, -0.25) is 4.98 Å². The fraction of sp³-hybridized carbons (Fsp3) is 0.368. The Morgan fingerprint density at radius 3 is 2.71 bits per heavy atom. The summed E-state index contributed by atoms with van der Waals surface area (Å²) in [6, 6.07) is 6.31. The molecule has 0 aliphatic carbocycles. The highest BCUT2D eigenvalue weighted by atomic mass is 19.4. The second-order valence-corrected chi connectivity index (χ2v) is 6.37. The van der Waals surface area contributed by atoms with Gasteiger partial charge in [-0.25, -0.2) is 4.79 Å². The molecule has 6 nitrogen and oxygen atoms in total. The predicted molar refractivity (Wildman–Crippen MR) is 95.6 cm³/mol. The van der Waals surface area contributed by atoms with Crippen molar-refractivity contribution in [2.75, 3.05) is 19.0 Å². The molecule has 1 aromatic carbocycles. The molecule has 1 aliphatic heterocycles. The lowest BCUT2D eigenvalue weighted by molar-refractivity contribution is -0.138. The maximum Gasteiger partial charge on any atom is 0.416 e. The Kier molecular flexibility index (Phi) is 6.15. The van der Waals surface area contributed by atoms with Gasteiger partial charge in [-0.1, -0.05) is 6.07 Å². The van der Waals surface area contributed by atoms with E-state index in [1.165, 1.54) is 19.2 Å². The first-order valence-corrected chi connectivity index (χ1v) is 8.66. The van der Waals surface area contributed by atoms with E-state index in [0.29, 0.717) is 13.0 Å². The van der Waals surface area contributed by atoms with E-state index in [4.69, 9.17) is 9.47 Å². The molecule has 2 atom stereocenters. The molecule has 0 saturated carbocycles. The number of benzene rings is 1. The van der Waals surface area contributed by atoms with Crippen molar-refractivity contribution in [1.29, 1.82) is 0 Å². The third kappa shape index (κ3) is 4.79. The summed E-state index contributed by atoms with van der Waals surface area (Å²) in [4.78, 5) is 16.3. The normalized spacial score (nSPS) is 19.4. The number of hydrogen-bond donors (Lipinski definition) is 2. The van der Waals surface area contributed by atoms with Crippen LogP contribution in [0.5, 0.6) is 0 Å². The van der Waals surface area contributed by atoms with E-state index in [0.717, 1.165) is 11.6 Å². The van der Waals surface area contributed by atoms with Crippen molar-refractivity contribution < 1.29 is 27.4 Å². The molecule has 9 heteroatoms. The van der Waals surface area contributed by atoms with Crippen LogP contribution in [0.2, 0.25) is 0 Å². The molecule has 28 heavy (non-hydrogen) atoms. The van der Waals surface area contributed by atoms with Crippen LogP contribution >= 0.6 is 0 Å². The van der Waals surface area contributed by atoms with Gasteiger partial charge in [0.15, 0.2) is 0 Å². The number of ether oxygens (including phenoxy) is 2. The van der Waals surface area contributed by atoms with Crippen molar-refractivity contribution in [1.82, 2.24) is 10.3 Å². The average Bonchev–Trinajstić information content (AvgIpc) is 3.11. The Morgan fingerprint density at radius 1 is 1.29 bits per heavy atom. The third-order valence-corrected chi connectivity index (χ3v) is 4.42. The fourth-order valence-corrected chi connectivity index (χ4v) is 3.15. The zero-order valence-electron chi connectivity index (χ0n) is 15.1. The standard InChI is InChI=1S/C19H20F3N3O3/c1-27-11-13-2-3-14(10-15(13)19(20,21)22)24-18(26)25-16-6-9-28-17(16)12-4-7-23-8-5-12/h2-5,7-8,10,16-17H,6,9,11H2,1H3,(H2,24,25,26)/t16-,17+/m1/s1. The third-order valence-electron chi connectivity index (χ3n) is 4.42. The van der Waals surface area contributed by atoms with Crippen LogP contribution in [0.4, 0.5) is 23.7 Å². The second-order valence-electron chi connectivity index (χ2n) is 6.37. The SMILES string of the molecule is COCc1ccc(NC(=O)N[C@@H]2CCO[C@H]2c2ccncc2)cc1C(F)(F)F. The fourth-order valence-electron chi connectivity index (χ4n) is 3.15. The van der Waals surface area contributed by atoms with E-state index in [1.54, 1.807) is 24.5 Å². The van der Waals surface area contributed by atoms with E-state index in [9.17, 15) is 18.0 Å². The largest absolute Gasteiger partial charge is 0.416 e. The number of methoxy groups -OCH3 is 1. The van der Waals surface area contributed by atoms with Crippen LogP contribution < -0.4 is 10.6 Å². The molecular weight excluding hydrogens is 375 g/mol. The molecule has 3 rings (SSSR count). The zero-order chi connectivity index (χ0) is 20.1. The van der Waals surface area contributed by atoms with E-state index >= 15 is 0 Å². The summed E-state index contributed by atoms with van der Waals surface area (Å²) in [7, 11) is 1.32. The quantitative estimate of drug-likeness (QED) is 0.806. The molecule has 0 spiro atoms. The molecule has 2 N–H and O–H groups in total. The minimum Gasteiger partial charge on any atom is -0.380 e. The van der Waals surface area contributed by atoms with Crippen LogP contribution in [-0.2, 0) is 22.3 Å². The molecule has 1 saturated heterocycles. The summed E-state index contributed by atoms with van der Waals surface area (Å²) in [5.41, 5.74) is 0.0824. The van der Waals surface area contributed by atoms with Crippen molar-refractivity contribution >= 4 is 11.7 Å². The van der Waals surface area contributed by atoms with Crippen molar-refractivity contribution in [3.63, 3.8) is 0 Å². The smallest absolute Gasteiger partial charge is 0.380 e. The number of carbonyl (C=O) groups excluding carboxylic acids is 1. The minimum absolute atomic E-state index is 0.00269. The van der Waals surface area contributed by atoms with Gasteiger partial charge in [-0.15, -0.1) is 0 Å². The summed E-state index contributed by atoms with van der Waals surface area (Å²) in [5, 5.41) is 5.24. The Morgan fingerprint density at radius 2 is 2.04 bits per heavy atom. The Labute approximate surface area is 160 Å². The first-order valence-electron chi connectivity index (χ1n) is 8.66. The number of carbonyl (C=O) groups is 1. The van der Waals surface area contributed by atoms with Crippen molar-refractivity contribution in [2.24, 2.45) is 0 Å². The molecule has 150 valence electrons. The monoisotopic (exact) mass is 395 g/mol. The van der Waals surface area contributed by atoms with Crippen molar-refractivity contribution in [2.45, 2.75) is 31.3 Å². The number of nitrogens with zero attached hydrogens (tertiary/aromatic N) is 1. The molecule has 1 aliphatic rings. The van der Waals surface area contributed by atoms with Gasteiger partial charge in [-0.2, -0.15) is 13.2 Å². The molecule has 0 unspecified atom stereocenters. The predicted octanol–water partition coefficient (Wildman–Crippen LogP) is 3.90. The van der Waals surface area contributed by atoms with Gasteiger partial charge >= 0.3 is 12.2 Å². The highest BCUT2D eigenvalue weighted by Crippen LogP contribution is 2.34. The number of urea groups is 1. The molecule has 2 aromatic rings. The maximum absolute atomic E-state index is 13.3. The summed E-state index contributed by atoms with van der Waals surface area (Å²) in [6.07, 6.45) is -1.01. The lowest BCUT2D eigenvalue weighted by Gasteiger charge is -2.21. The number of rotatable bonds is 5. The first kappa shape index (κ1) is 20.1. The Bertz CT molecular complexity index is 815. The summed E-state index contributed by atoms with van der Waals surface area (Å²) in [6.45, 7) is 0.302. The topological polar surface area (TPSA) is 72.5 Å².